The molecule has 0 aliphatic carbocycles. The first-order valence-corrected chi connectivity index (χ1v) is 7.79. The van der Waals surface area contributed by atoms with Crippen LogP contribution in [-0.2, 0) is 13.1 Å². The van der Waals surface area contributed by atoms with E-state index < -0.39 is 11.7 Å². The zero-order valence-electron chi connectivity index (χ0n) is 13.9. The standard InChI is InChI=1S/C16H24N4O3/c1-11(21)9-20-15(22)13(8-17)12(2)14(16(20)23)10-19-6-4-18(3)5-7-19/h11,21,23H,4-7,9-10H2,1-3H3. The third-order valence-electron chi connectivity index (χ3n) is 4.35. The predicted octanol–water partition coefficient (Wildman–Crippen LogP) is -0.138. The lowest BCUT2D eigenvalue weighted by Crippen LogP contribution is -2.44. The smallest absolute Gasteiger partial charge is 0.271 e. The van der Waals surface area contributed by atoms with Crippen LogP contribution in [0.3, 0.4) is 0 Å². The molecule has 2 heterocycles. The lowest BCUT2D eigenvalue weighted by Gasteiger charge is -2.33. The van der Waals surface area contributed by atoms with Crippen LogP contribution in [0.1, 0.15) is 23.6 Å². The van der Waals surface area contributed by atoms with E-state index in [1.54, 1.807) is 6.92 Å². The molecule has 1 aliphatic heterocycles. The minimum Gasteiger partial charge on any atom is -0.494 e. The van der Waals surface area contributed by atoms with Gasteiger partial charge in [0.15, 0.2) is 5.88 Å². The molecule has 0 aromatic carbocycles. The Bertz CT molecular complexity index is 667. The second-order valence-corrected chi connectivity index (χ2v) is 6.26. The van der Waals surface area contributed by atoms with Crippen LogP contribution in [-0.4, -0.2) is 63.9 Å². The van der Waals surface area contributed by atoms with Crippen molar-refractivity contribution in [3.63, 3.8) is 0 Å². The van der Waals surface area contributed by atoms with Crippen molar-refractivity contribution in [2.75, 3.05) is 33.2 Å². The summed E-state index contributed by atoms with van der Waals surface area (Å²) in [5, 5.41) is 29.4. The Morgan fingerprint density at radius 1 is 1.30 bits per heavy atom. The summed E-state index contributed by atoms with van der Waals surface area (Å²) in [6.45, 7) is 7.31. The third-order valence-corrected chi connectivity index (χ3v) is 4.35. The maximum absolute atomic E-state index is 12.3. The van der Waals surface area contributed by atoms with Crippen LogP contribution in [0.4, 0.5) is 0 Å². The molecule has 0 amide bonds. The van der Waals surface area contributed by atoms with Crippen molar-refractivity contribution in [1.29, 1.82) is 5.26 Å². The van der Waals surface area contributed by atoms with Crippen LogP contribution >= 0.6 is 0 Å². The second kappa shape index (κ2) is 7.13. The van der Waals surface area contributed by atoms with Crippen LogP contribution in [0.5, 0.6) is 5.88 Å². The predicted molar refractivity (Wildman–Crippen MR) is 86.3 cm³/mol. The summed E-state index contributed by atoms with van der Waals surface area (Å²) >= 11 is 0. The Morgan fingerprint density at radius 2 is 1.91 bits per heavy atom. The summed E-state index contributed by atoms with van der Waals surface area (Å²) in [6, 6.07) is 1.94. The number of aliphatic hydroxyl groups excluding tert-OH is 1. The lowest BCUT2D eigenvalue weighted by molar-refractivity contribution is 0.144. The van der Waals surface area contributed by atoms with Crippen molar-refractivity contribution in [3.8, 4) is 11.9 Å². The molecule has 2 rings (SSSR count). The molecule has 0 saturated carbocycles. The van der Waals surface area contributed by atoms with E-state index in [2.05, 4.69) is 16.8 Å². The molecule has 1 unspecified atom stereocenters. The number of rotatable bonds is 4. The highest BCUT2D eigenvalue weighted by atomic mass is 16.3. The normalized spacial score (nSPS) is 17.9. The Kier molecular flexibility index (Phi) is 5.42. The van der Waals surface area contributed by atoms with Crippen molar-refractivity contribution in [2.45, 2.75) is 33.0 Å². The minimum atomic E-state index is -0.788. The van der Waals surface area contributed by atoms with Gasteiger partial charge in [0.25, 0.3) is 5.56 Å². The molecule has 1 aliphatic rings. The molecule has 23 heavy (non-hydrogen) atoms. The largest absolute Gasteiger partial charge is 0.494 e. The number of pyridine rings is 1. The van der Waals surface area contributed by atoms with E-state index in [1.807, 2.05) is 6.07 Å². The van der Waals surface area contributed by atoms with E-state index in [9.17, 15) is 20.3 Å². The van der Waals surface area contributed by atoms with Gasteiger partial charge in [0.2, 0.25) is 0 Å². The van der Waals surface area contributed by atoms with Crippen LogP contribution < -0.4 is 5.56 Å². The molecule has 126 valence electrons. The highest BCUT2D eigenvalue weighted by molar-refractivity contribution is 5.45. The molecule has 0 radical (unpaired) electrons. The van der Waals surface area contributed by atoms with Crippen LogP contribution in [0.2, 0.25) is 0 Å². The minimum absolute atomic E-state index is 0.0324. The summed E-state index contributed by atoms with van der Waals surface area (Å²) < 4.78 is 1.10. The molecule has 1 saturated heterocycles. The SMILES string of the molecule is Cc1c(CN2CCN(C)CC2)c(O)n(CC(C)O)c(=O)c1C#N. The highest BCUT2D eigenvalue weighted by Gasteiger charge is 2.22. The van der Waals surface area contributed by atoms with Gasteiger partial charge in [-0.05, 0) is 26.5 Å². The van der Waals surface area contributed by atoms with E-state index >= 15 is 0 Å². The summed E-state index contributed by atoms with van der Waals surface area (Å²) in [4.78, 5) is 16.7. The van der Waals surface area contributed by atoms with Gasteiger partial charge in [0.1, 0.15) is 11.6 Å². The third kappa shape index (κ3) is 3.72. The number of hydrogen-bond acceptors (Lipinski definition) is 6. The number of nitrogens with zero attached hydrogens (tertiary/aromatic N) is 4. The van der Waals surface area contributed by atoms with Crippen molar-refractivity contribution < 1.29 is 10.2 Å². The second-order valence-electron chi connectivity index (χ2n) is 6.26. The summed E-state index contributed by atoms with van der Waals surface area (Å²) in [6.07, 6.45) is -0.788. The van der Waals surface area contributed by atoms with E-state index in [1.165, 1.54) is 6.92 Å². The number of hydrogen-bond donors (Lipinski definition) is 2. The van der Waals surface area contributed by atoms with Crippen molar-refractivity contribution >= 4 is 0 Å². The molecule has 1 atom stereocenters. The van der Waals surface area contributed by atoms with Gasteiger partial charge in [0.05, 0.1) is 12.6 Å². The van der Waals surface area contributed by atoms with Gasteiger partial charge >= 0.3 is 0 Å². The van der Waals surface area contributed by atoms with Gasteiger partial charge in [0, 0.05) is 38.3 Å². The van der Waals surface area contributed by atoms with Gasteiger partial charge in [-0.15, -0.1) is 0 Å². The highest BCUT2D eigenvalue weighted by Crippen LogP contribution is 2.24. The monoisotopic (exact) mass is 320 g/mol. The number of aromatic nitrogens is 1. The van der Waals surface area contributed by atoms with Gasteiger partial charge in [-0.1, -0.05) is 0 Å². The number of nitriles is 1. The lowest BCUT2D eigenvalue weighted by atomic mass is 10.0. The van der Waals surface area contributed by atoms with Crippen LogP contribution in [0.25, 0.3) is 0 Å². The van der Waals surface area contributed by atoms with E-state index in [0.717, 1.165) is 30.7 Å². The van der Waals surface area contributed by atoms with E-state index in [4.69, 9.17) is 0 Å². The maximum atomic E-state index is 12.3. The first kappa shape index (κ1) is 17.5. The number of aliphatic hydroxyl groups is 1. The van der Waals surface area contributed by atoms with Gasteiger partial charge in [-0.2, -0.15) is 5.26 Å². The molecular weight excluding hydrogens is 296 g/mol. The fourth-order valence-corrected chi connectivity index (χ4v) is 2.86. The Hall–Kier alpha value is -1.88. The summed E-state index contributed by atoms with van der Waals surface area (Å²) in [7, 11) is 2.07. The summed E-state index contributed by atoms with van der Waals surface area (Å²) in [5.41, 5.74) is 0.597. The first-order valence-electron chi connectivity index (χ1n) is 7.79. The maximum Gasteiger partial charge on any atom is 0.271 e. The van der Waals surface area contributed by atoms with Crippen LogP contribution in [0, 0.1) is 18.3 Å². The fourth-order valence-electron chi connectivity index (χ4n) is 2.86. The van der Waals surface area contributed by atoms with Gasteiger partial charge < -0.3 is 15.1 Å². The van der Waals surface area contributed by atoms with Crippen molar-refractivity contribution in [3.05, 3.63) is 27.0 Å². The summed E-state index contributed by atoms with van der Waals surface area (Å²) in [5.74, 6) is -0.147. The van der Waals surface area contributed by atoms with E-state index in [0.29, 0.717) is 17.7 Å². The quantitative estimate of drug-likeness (QED) is 0.802. The molecule has 7 nitrogen and oxygen atoms in total. The first-order chi connectivity index (χ1) is 10.8. The topological polar surface area (TPSA) is 92.7 Å². The molecule has 1 aromatic heterocycles. The number of likely N-dealkylation sites (N-methyl/N-ethyl adjacent to an activating group) is 1. The van der Waals surface area contributed by atoms with E-state index in [-0.39, 0.29) is 18.0 Å². The Balaban J connectivity index is 2.42. The fraction of sp³-hybridized carbons (Fsp3) is 0.625. The molecule has 7 heteroatoms. The average Bonchev–Trinajstić information content (AvgIpc) is 2.50. The Labute approximate surface area is 136 Å². The zero-order valence-corrected chi connectivity index (χ0v) is 13.9. The van der Waals surface area contributed by atoms with Crippen molar-refractivity contribution in [1.82, 2.24) is 14.4 Å². The molecule has 0 spiro atoms. The van der Waals surface area contributed by atoms with Crippen molar-refractivity contribution in [2.24, 2.45) is 0 Å². The van der Waals surface area contributed by atoms with Gasteiger partial charge in [-0.3, -0.25) is 14.3 Å². The van der Waals surface area contributed by atoms with Crippen LogP contribution in [0.15, 0.2) is 4.79 Å². The number of aromatic hydroxyl groups is 1. The molecular formula is C16H24N4O3. The average molecular weight is 320 g/mol. The molecule has 1 aromatic rings. The zero-order chi connectivity index (χ0) is 17.1. The number of piperazine rings is 1. The molecule has 0 bridgehead atoms. The Morgan fingerprint density at radius 3 is 2.43 bits per heavy atom. The van der Waals surface area contributed by atoms with Gasteiger partial charge in [-0.25, -0.2) is 0 Å². The molecule has 1 fully saturated rings. The molecule has 2 N–H and O–H groups in total.